The molecule has 2 amide bonds. The highest BCUT2D eigenvalue weighted by molar-refractivity contribution is 7.85. The fourth-order valence-corrected chi connectivity index (χ4v) is 3.87. The minimum Gasteiger partial charge on any atom is -0.490 e. The number of nitrogens with zero attached hydrogens (tertiary/aromatic N) is 6. The molecule has 14 nitrogen and oxygen atoms in total. The number of nitrogens with one attached hydrogen (secondary N) is 2. The van der Waals surface area contributed by atoms with E-state index < -0.39 is 34.2 Å². The van der Waals surface area contributed by atoms with Crippen LogP contribution >= 0.6 is 0 Å². The van der Waals surface area contributed by atoms with Crippen LogP contribution < -0.4 is 15.4 Å². The number of ether oxygens (including phenoxy) is 1. The molecular weight excluding hydrogens is 597 g/mol. The summed E-state index contributed by atoms with van der Waals surface area (Å²) in [4.78, 5) is 28.3. The van der Waals surface area contributed by atoms with E-state index in [0.29, 0.717) is 35.5 Å². The monoisotopic (exact) mass is 628 g/mol. The minimum absolute atomic E-state index is 0.0571. The van der Waals surface area contributed by atoms with Gasteiger partial charge >= 0.3 is 0 Å². The number of hydrogen-bond donors (Lipinski definition) is 3. The lowest BCUT2D eigenvalue weighted by Crippen LogP contribution is -2.43. The van der Waals surface area contributed by atoms with Crippen molar-refractivity contribution < 1.29 is 40.5 Å². The highest BCUT2D eigenvalue weighted by Crippen LogP contribution is 2.39. The fourth-order valence-electron chi connectivity index (χ4n) is 3.87. The molecule has 0 aromatic carbocycles. The minimum atomic E-state index is -3.67. The van der Waals surface area contributed by atoms with Gasteiger partial charge in [-0.05, 0) is 31.9 Å². The van der Waals surface area contributed by atoms with Gasteiger partial charge in [0.15, 0.2) is 11.5 Å². The predicted molar refractivity (Wildman–Crippen MR) is 146 cm³/mol. The molecular formula is C25H31F3N8O6S. The Bertz CT molecular complexity index is 1510. The summed E-state index contributed by atoms with van der Waals surface area (Å²) >= 11 is 0. The molecule has 1 saturated carbocycles. The van der Waals surface area contributed by atoms with Gasteiger partial charge in [-0.25, -0.2) is 17.9 Å². The first-order chi connectivity index (χ1) is 20.1. The molecule has 1 fully saturated rings. The van der Waals surface area contributed by atoms with Crippen LogP contribution in [0.25, 0.3) is 0 Å². The van der Waals surface area contributed by atoms with Crippen molar-refractivity contribution in [2.45, 2.75) is 63.8 Å². The molecule has 3 N–H and O–H groups in total. The van der Waals surface area contributed by atoms with E-state index >= 15 is 0 Å². The summed E-state index contributed by atoms with van der Waals surface area (Å²) in [7, 11) is -2.20. The second-order valence-corrected chi connectivity index (χ2v) is 11.3. The molecule has 18 heteroatoms. The molecule has 1 atom stereocenters. The van der Waals surface area contributed by atoms with E-state index in [2.05, 4.69) is 36.1 Å². The number of rotatable bonds is 11. The first-order valence-corrected chi connectivity index (χ1v) is 14.8. The van der Waals surface area contributed by atoms with Crippen molar-refractivity contribution in [1.29, 1.82) is 0 Å². The molecule has 1 aliphatic rings. The second kappa shape index (κ2) is 14.3. The molecule has 43 heavy (non-hydrogen) atoms. The van der Waals surface area contributed by atoms with Gasteiger partial charge < -0.3 is 15.4 Å². The zero-order valence-electron chi connectivity index (χ0n) is 23.5. The maximum Gasteiger partial charge on any atom is 0.273 e. The maximum atomic E-state index is 14.4. The van der Waals surface area contributed by atoms with Gasteiger partial charge in [0.05, 0.1) is 36.8 Å². The summed E-state index contributed by atoms with van der Waals surface area (Å²) in [5.74, 6) is -2.86. The number of alkyl halides is 3. The van der Waals surface area contributed by atoms with Gasteiger partial charge in [0.25, 0.3) is 21.9 Å². The SMILES string of the molecule is CNC(=O)c1cn(C[C@H](F)CCc2ccc(NC(=O)Cc3cc(OC4CC(F)(F)C4)cc(C)n3)nn2)nn1.CS(=O)(=O)O. The highest BCUT2D eigenvalue weighted by Gasteiger charge is 2.47. The van der Waals surface area contributed by atoms with Crippen LogP contribution in [0.5, 0.6) is 5.75 Å². The van der Waals surface area contributed by atoms with Crippen LogP contribution in [-0.2, 0) is 34.3 Å². The molecule has 1 aliphatic carbocycles. The van der Waals surface area contributed by atoms with Crippen LogP contribution in [0, 0.1) is 6.92 Å². The van der Waals surface area contributed by atoms with E-state index in [1.54, 1.807) is 31.2 Å². The zero-order chi connectivity index (χ0) is 31.8. The molecule has 0 bridgehead atoms. The number of amides is 2. The van der Waals surface area contributed by atoms with Crippen LogP contribution in [0.1, 0.15) is 46.8 Å². The van der Waals surface area contributed by atoms with Crippen molar-refractivity contribution in [3.05, 3.63) is 53.2 Å². The number of halogens is 3. The molecule has 234 valence electrons. The Kier molecular flexibility index (Phi) is 11.1. The summed E-state index contributed by atoms with van der Waals surface area (Å²) in [6, 6.07) is 6.40. The molecule has 0 spiro atoms. The van der Waals surface area contributed by atoms with Gasteiger partial charge in [-0.1, -0.05) is 5.21 Å². The number of anilines is 1. The number of aryl methyl sites for hydroxylation is 2. The van der Waals surface area contributed by atoms with Crippen molar-refractivity contribution in [3.63, 3.8) is 0 Å². The normalized spacial score (nSPS) is 15.0. The first-order valence-electron chi connectivity index (χ1n) is 12.9. The molecule has 4 rings (SSSR count). The number of hydrogen-bond acceptors (Lipinski definition) is 10. The Labute approximate surface area is 245 Å². The number of pyridine rings is 1. The largest absolute Gasteiger partial charge is 0.490 e. The lowest BCUT2D eigenvalue weighted by atomic mass is 9.91. The third-order valence-corrected chi connectivity index (χ3v) is 5.76. The van der Waals surface area contributed by atoms with Gasteiger partial charge in [0.1, 0.15) is 18.0 Å². The zero-order valence-corrected chi connectivity index (χ0v) is 24.3. The molecule has 0 saturated heterocycles. The van der Waals surface area contributed by atoms with E-state index in [1.165, 1.54) is 17.9 Å². The summed E-state index contributed by atoms with van der Waals surface area (Å²) in [6.45, 7) is 1.67. The van der Waals surface area contributed by atoms with Crippen molar-refractivity contribution in [3.8, 4) is 5.75 Å². The van der Waals surface area contributed by atoms with E-state index in [4.69, 9.17) is 9.29 Å². The first kappa shape index (κ1) is 33.3. The molecule has 3 aromatic rings. The van der Waals surface area contributed by atoms with Crippen molar-refractivity contribution >= 4 is 27.8 Å². The predicted octanol–water partition coefficient (Wildman–Crippen LogP) is 1.96. The van der Waals surface area contributed by atoms with Gasteiger partial charge in [0.2, 0.25) is 5.91 Å². The smallest absolute Gasteiger partial charge is 0.273 e. The highest BCUT2D eigenvalue weighted by atomic mass is 32.2. The van der Waals surface area contributed by atoms with Gasteiger partial charge in [-0.2, -0.15) is 13.5 Å². The Hall–Kier alpha value is -4.19. The van der Waals surface area contributed by atoms with Crippen molar-refractivity contribution in [1.82, 2.24) is 35.5 Å². The standard InChI is InChI=1S/C24H27F3N8O3.CH4O3S/c1-14-7-18(38-19-10-24(26,27)11-19)8-17(29-14)9-22(36)30-21-6-5-16(31-33-21)4-3-15(25)12-35-13-20(32-34-35)23(37)28-2;1-5(2,3)4/h5-8,13,15,19H,3-4,9-12H2,1-2H3,(H,28,37)(H,30,33,36);1H3,(H,2,3,4)/t15-;/m1./s1. The molecule has 0 aliphatic heterocycles. The number of carbonyl (C=O) groups is 2. The Morgan fingerprint density at radius 2 is 1.88 bits per heavy atom. The van der Waals surface area contributed by atoms with Gasteiger partial charge in [-0.3, -0.25) is 19.1 Å². The summed E-state index contributed by atoms with van der Waals surface area (Å²) in [6.07, 6.45) is 0.0199. The van der Waals surface area contributed by atoms with Crippen LogP contribution in [0.3, 0.4) is 0 Å². The molecule has 0 unspecified atom stereocenters. The Morgan fingerprint density at radius 1 is 1.19 bits per heavy atom. The molecule has 3 heterocycles. The van der Waals surface area contributed by atoms with Crippen LogP contribution in [0.4, 0.5) is 19.0 Å². The number of aromatic nitrogens is 6. The molecule has 3 aromatic heterocycles. The van der Waals surface area contributed by atoms with E-state index in [9.17, 15) is 31.2 Å². The topological polar surface area (TPSA) is 191 Å². The maximum absolute atomic E-state index is 14.4. The van der Waals surface area contributed by atoms with E-state index in [-0.39, 0.29) is 49.6 Å². The fraction of sp³-hybridized carbons (Fsp3) is 0.480. The second-order valence-electron chi connectivity index (χ2n) is 9.85. The Balaban J connectivity index is 0.000000934. The van der Waals surface area contributed by atoms with Crippen LogP contribution in [-0.4, -0.2) is 86.5 Å². The summed E-state index contributed by atoms with van der Waals surface area (Å²) in [5, 5.41) is 20.5. The van der Waals surface area contributed by atoms with Crippen molar-refractivity contribution in [2.75, 3.05) is 18.6 Å². The average molecular weight is 629 g/mol. The average Bonchev–Trinajstić information content (AvgIpc) is 3.33. The summed E-state index contributed by atoms with van der Waals surface area (Å²) in [5.41, 5.74) is 1.68. The van der Waals surface area contributed by atoms with Crippen LogP contribution in [0.15, 0.2) is 30.5 Å². The lowest BCUT2D eigenvalue weighted by Gasteiger charge is -2.34. The summed E-state index contributed by atoms with van der Waals surface area (Å²) < 4.78 is 73.2. The number of carbonyl (C=O) groups excluding carboxylic acids is 2. The third kappa shape index (κ3) is 11.9. The third-order valence-electron chi connectivity index (χ3n) is 5.76. The van der Waals surface area contributed by atoms with E-state index in [0.717, 1.165) is 0 Å². The van der Waals surface area contributed by atoms with Crippen LogP contribution in [0.2, 0.25) is 0 Å². The Morgan fingerprint density at radius 3 is 2.49 bits per heavy atom. The van der Waals surface area contributed by atoms with Gasteiger partial charge in [-0.15, -0.1) is 10.2 Å². The van der Waals surface area contributed by atoms with E-state index in [1.807, 2.05) is 0 Å². The quantitative estimate of drug-likeness (QED) is 0.263. The molecule has 0 radical (unpaired) electrons. The van der Waals surface area contributed by atoms with Crippen molar-refractivity contribution in [2.24, 2.45) is 0 Å². The lowest BCUT2D eigenvalue weighted by molar-refractivity contribution is -0.134. The van der Waals surface area contributed by atoms with Gasteiger partial charge in [0, 0.05) is 37.7 Å².